The third-order valence-electron chi connectivity index (χ3n) is 13.1. The fourth-order valence-corrected chi connectivity index (χ4v) is 11.1. The molecule has 302 valence electrons. The van der Waals surface area contributed by atoms with E-state index in [2.05, 4.69) is 22.1 Å². The SMILES string of the molecule is CCn1nc(O[C@@H]2C[C@H]3C(=O)N[C@]4(C(=O)NS(=O)(=O)C5CC5)C[C@H]4/C=C\CC[C@@H](C)C[C@@H](C)[C@H](N(C(=O)O)C4CC5C[C@H]5C4)C(=O)N3C2)c2ccccc2c1=O. The lowest BCUT2D eigenvalue weighted by Crippen LogP contribution is -2.61. The van der Waals surface area contributed by atoms with Gasteiger partial charge in [0.15, 0.2) is 0 Å². The van der Waals surface area contributed by atoms with Gasteiger partial charge in [0.05, 0.1) is 22.6 Å². The minimum Gasteiger partial charge on any atom is -0.471 e. The predicted molar refractivity (Wildman–Crippen MR) is 205 cm³/mol. The van der Waals surface area contributed by atoms with E-state index in [0.717, 1.165) is 12.8 Å². The van der Waals surface area contributed by atoms with Crippen LogP contribution in [0.15, 0.2) is 41.2 Å². The second-order valence-corrected chi connectivity index (χ2v) is 19.2. The fourth-order valence-electron chi connectivity index (χ4n) is 9.75. The molecule has 3 N–H and O–H groups in total. The number of allylic oxidation sites excluding steroid dienone is 1. The van der Waals surface area contributed by atoms with Crippen molar-refractivity contribution in [1.29, 1.82) is 0 Å². The van der Waals surface area contributed by atoms with Gasteiger partial charge in [-0.05, 0) is 101 Å². The minimum atomic E-state index is -3.93. The second-order valence-electron chi connectivity index (χ2n) is 17.2. The predicted octanol–water partition coefficient (Wildman–Crippen LogP) is 3.41. The number of hydrogen-bond acceptors (Lipinski definition) is 9. The molecule has 2 aliphatic heterocycles. The Morgan fingerprint density at radius 1 is 1.04 bits per heavy atom. The van der Waals surface area contributed by atoms with E-state index in [-0.39, 0.29) is 55.2 Å². The molecule has 15 nitrogen and oxygen atoms in total. The van der Waals surface area contributed by atoms with Gasteiger partial charge in [-0.15, -0.1) is 5.10 Å². The van der Waals surface area contributed by atoms with Crippen molar-refractivity contribution in [2.45, 2.75) is 127 Å². The zero-order valence-electron chi connectivity index (χ0n) is 32.1. The molecule has 0 bridgehead atoms. The van der Waals surface area contributed by atoms with E-state index in [0.29, 0.717) is 61.1 Å². The number of aryl methyl sites for hydroxylation is 1. The van der Waals surface area contributed by atoms with E-state index in [9.17, 15) is 32.7 Å². The van der Waals surface area contributed by atoms with Crippen molar-refractivity contribution in [2.75, 3.05) is 6.54 Å². The molecule has 0 spiro atoms. The Bertz CT molecular complexity index is 2130. The molecule has 3 heterocycles. The molecule has 16 heteroatoms. The molecular weight excluding hydrogens is 741 g/mol. The maximum absolute atomic E-state index is 15.2. The van der Waals surface area contributed by atoms with Crippen LogP contribution in [-0.2, 0) is 31.0 Å². The van der Waals surface area contributed by atoms with Gasteiger partial charge in [-0.2, -0.15) is 0 Å². The maximum Gasteiger partial charge on any atom is 0.408 e. The smallest absolute Gasteiger partial charge is 0.408 e. The van der Waals surface area contributed by atoms with Crippen LogP contribution in [0.1, 0.15) is 85.0 Å². The number of fused-ring (bicyclic) bond motifs is 4. The van der Waals surface area contributed by atoms with Gasteiger partial charge in [0.2, 0.25) is 27.7 Å². The number of carbonyl (C=O) groups excluding carboxylic acids is 3. The van der Waals surface area contributed by atoms with Crippen molar-refractivity contribution in [3.8, 4) is 5.88 Å². The van der Waals surface area contributed by atoms with E-state index in [1.54, 1.807) is 31.2 Å². The molecule has 4 amide bonds. The van der Waals surface area contributed by atoms with Crippen molar-refractivity contribution in [1.82, 2.24) is 29.6 Å². The first-order valence-electron chi connectivity index (χ1n) is 20.2. The molecule has 2 unspecified atom stereocenters. The van der Waals surface area contributed by atoms with E-state index in [1.807, 2.05) is 19.1 Å². The molecule has 0 radical (unpaired) electrons. The number of rotatable bonds is 8. The minimum absolute atomic E-state index is 0.0183. The summed E-state index contributed by atoms with van der Waals surface area (Å²) in [6.07, 6.45) is 7.37. The number of nitrogens with one attached hydrogen (secondary N) is 2. The van der Waals surface area contributed by atoms with Crippen LogP contribution in [0.25, 0.3) is 10.8 Å². The summed E-state index contributed by atoms with van der Waals surface area (Å²) in [7, 11) is -3.93. The van der Waals surface area contributed by atoms with E-state index in [1.165, 1.54) is 14.5 Å². The van der Waals surface area contributed by atoms with E-state index < -0.39 is 68.7 Å². The number of benzene rings is 1. The van der Waals surface area contributed by atoms with Crippen molar-refractivity contribution < 1.29 is 37.4 Å². The summed E-state index contributed by atoms with van der Waals surface area (Å²) in [5.74, 6) is -1.64. The van der Waals surface area contributed by atoms with Crippen LogP contribution in [0.3, 0.4) is 0 Å². The molecular formula is C40H52N6O9S. The van der Waals surface area contributed by atoms with E-state index >= 15 is 4.79 Å². The van der Waals surface area contributed by atoms with Crippen molar-refractivity contribution in [3.63, 3.8) is 0 Å². The number of carboxylic acid groups (broad SMARTS) is 1. The lowest BCUT2D eigenvalue weighted by Gasteiger charge is -2.40. The molecule has 4 saturated carbocycles. The normalized spacial score (nSPS) is 34.9. The molecule has 8 rings (SSSR count). The van der Waals surface area contributed by atoms with Crippen LogP contribution >= 0.6 is 0 Å². The molecule has 1 aromatic heterocycles. The second kappa shape index (κ2) is 14.5. The highest BCUT2D eigenvalue weighted by Gasteiger charge is 2.62. The molecule has 1 aromatic carbocycles. The lowest BCUT2D eigenvalue weighted by atomic mass is 9.86. The first-order chi connectivity index (χ1) is 26.7. The highest BCUT2D eigenvalue weighted by Crippen LogP contribution is 2.54. The van der Waals surface area contributed by atoms with Gasteiger partial charge in [0.25, 0.3) is 11.5 Å². The van der Waals surface area contributed by atoms with Crippen LogP contribution in [-0.4, -0.2) is 98.5 Å². The molecule has 10 atom stereocenters. The summed E-state index contributed by atoms with van der Waals surface area (Å²) >= 11 is 0. The Hall–Kier alpha value is -4.47. The average molecular weight is 793 g/mol. The standard InChI is InChI=1S/C40H52N6O9S/c1-4-45-36(48)31-12-8-7-11-30(31)35(42-45)55-28-19-32-34(47)41-40(38(50)43-56(53,54)29-13-14-29)20-26(40)10-6-5-9-22(2)15-23(3)33(37(49)44(32)21-28)46(39(51)52)27-17-24-16-25(24)18-27/h6-8,10-12,22-29,32-33H,4-5,9,13-21H2,1-3H3,(H,41,47)(H,43,50)(H,51,52)/b10-6-/t22-,23-,24+,25?,26-,27?,28-,32+,33+,40-/m1/s1. The summed E-state index contributed by atoms with van der Waals surface area (Å²) in [6.45, 7) is 5.98. The molecule has 5 fully saturated rings. The van der Waals surface area contributed by atoms with Crippen LogP contribution in [0.4, 0.5) is 4.79 Å². The van der Waals surface area contributed by atoms with Gasteiger partial charge in [0.1, 0.15) is 23.7 Å². The quantitative estimate of drug-likeness (QED) is 0.333. The van der Waals surface area contributed by atoms with Crippen molar-refractivity contribution in [2.24, 2.45) is 29.6 Å². The number of ether oxygens (including phenoxy) is 1. The summed E-state index contributed by atoms with van der Waals surface area (Å²) in [5.41, 5.74) is -1.83. The maximum atomic E-state index is 15.2. The van der Waals surface area contributed by atoms with Gasteiger partial charge in [0, 0.05) is 24.9 Å². The number of aromatic nitrogens is 2. The van der Waals surface area contributed by atoms with Crippen molar-refractivity contribution in [3.05, 3.63) is 46.8 Å². The Morgan fingerprint density at radius 2 is 1.75 bits per heavy atom. The Labute approximate surface area is 326 Å². The van der Waals surface area contributed by atoms with Gasteiger partial charge in [-0.1, -0.05) is 38.1 Å². The van der Waals surface area contributed by atoms with E-state index in [4.69, 9.17) is 4.74 Å². The number of hydrogen-bond donors (Lipinski definition) is 3. The summed E-state index contributed by atoms with van der Waals surface area (Å²) in [4.78, 5) is 72.8. The van der Waals surface area contributed by atoms with Crippen LogP contribution in [0, 0.1) is 29.6 Å². The molecule has 4 aliphatic carbocycles. The zero-order valence-corrected chi connectivity index (χ0v) is 32.9. The van der Waals surface area contributed by atoms with Gasteiger partial charge < -0.3 is 20.1 Å². The van der Waals surface area contributed by atoms with Gasteiger partial charge in [-0.3, -0.25) is 28.8 Å². The molecule has 6 aliphatic rings. The van der Waals surface area contributed by atoms with Crippen LogP contribution in [0.5, 0.6) is 5.88 Å². The fraction of sp³-hybridized carbons (Fsp3) is 0.650. The Kier molecular flexibility index (Phi) is 9.93. The number of sulfonamides is 1. The average Bonchev–Trinajstić information content (AvgIpc) is 4.12. The Balaban J connectivity index is 1.17. The third kappa shape index (κ3) is 7.17. The van der Waals surface area contributed by atoms with Crippen LogP contribution in [0.2, 0.25) is 0 Å². The van der Waals surface area contributed by atoms with Crippen LogP contribution < -0.4 is 20.3 Å². The van der Waals surface area contributed by atoms with Gasteiger partial charge >= 0.3 is 6.09 Å². The van der Waals surface area contributed by atoms with Crippen molar-refractivity contribution >= 4 is 44.6 Å². The number of nitrogens with zero attached hydrogens (tertiary/aromatic N) is 4. The molecule has 56 heavy (non-hydrogen) atoms. The first kappa shape index (κ1) is 38.4. The molecule has 1 saturated heterocycles. The zero-order chi connectivity index (χ0) is 39.7. The monoisotopic (exact) mass is 792 g/mol. The number of carbonyl (C=O) groups is 4. The topological polar surface area (TPSA) is 197 Å². The highest BCUT2D eigenvalue weighted by atomic mass is 32.2. The third-order valence-corrected chi connectivity index (χ3v) is 14.9. The lowest BCUT2D eigenvalue weighted by molar-refractivity contribution is -0.145. The Morgan fingerprint density at radius 3 is 2.43 bits per heavy atom. The summed E-state index contributed by atoms with van der Waals surface area (Å²) in [6, 6.07) is 4.32. The number of amides is 4. The largest absolute Gasteiger partial charge is 0.471 e. The molecule has 2 aromatic rings. The first-order valence-corrected chi connectivity index (χ1v) is 21.8. The summed E-state index contributed by atoms with van der Waals surface area (Å²) in [5, 5.41) is 18.4. The summed E-state index contributed by atoms with van der Waals surface area (Å²) < 4.78 is 35.9. The van der Waals surface area contributed by atoms with Gasteiger partial charge in [-0.25, -0.2) is 17.9 Å². The highest BCUT2D eigenvalue weighted by molar-refractivity contribution is 7.91.